The van der Waals surface area contributed by atoms with Crippen LogP contribution in [0, 0.1) is 0 Å². The Morgan fingerprint density at radius 3 is 2.53 bits per heavy atom. The van der Waals surface area contributed by atoms with Crippen molar-refractivity contribution in [3.8, 4) is 0 Å². The van der Waals surface area contributed by atoms with Crippen LogP contribution in [0.25, 0.3) is 0 Å². The zero-order valence-corrected chi connectivity index (χ0v) is 11.7. The van der Waals surface area contributed by atoms with Gasteiger partial charge in [0.25, 0.3) is 0 Å². The number of hydrogen-bond donors (Lipinski definition) is 3. The highest BCUT2D eigenvalue weighted by Gasteiger charge is 2.21. The van der Waals surface area contributed by atoms with Crippen molar-refractivity contribution < 1.29 is 9.90 Å². The number of amides is 1. The highest BCUT2D eigenvalue weighted by molar-refractivity contribution is 5.81. The molecule has 0 bridgehead atoms. The first-order chi connectivity index (χ1) is 7.93. The minimum absolute atomic E-state index is 0.00532. The molecule has 102 valence electrons. The zero-order chi connectivity index (χ0) is 13.3. The minimum atomic E-state index is -0.729. The molecular formula is C13H28N2O2. The summed E-state index contributed by atoms with van der Waals surface area (Å²) in [7, 11) is 0. The molecule has 0 aromatic carbocycles. The molecule has 0 heterocycles. The van der Waals surface area contributed by atoms with Crippen molar-refractivity contribution in [1.29, 1.82) is 0 Å². The highest BCUT2D eigenvalue weighted by Crippen LogP contribution is 2.10. The second kappa shape index (κ2) is 8.48. The lowest BCUT2D eigenvalue weighted by Gasteiger charge is -2.25. The van der Waals surface area contributed by atoms with Crippen LogP contribution >= 0.6 is 0 Å². The van der Waals surface area contributed by atoms with Crippen LogP contribution in [0.4, 0.5) is 0 Å². The molecule has 0 fully saturated rings. The van der Waals surface area contributed by atoms with Crippen LogP contribution in [0.15, 0.2) is 0 Å². The molecule has 0 radical (unpaired) electrons. The van der Waals surface area contributed by atoms with Gasteiger partial charge < -0.3 is 15.7 Å². The van der Waals surface area contributed by atoms with E-state index in [1.807, 2.05) is 13.8 Å². The van der Waals surface area contributed by atoms with E-state index in [0.29, 0.717) is 6.54 Å². The van der Waals surface area contributed by atoms with E-state index in [-0.39, 0.29) is 11.9 Å². The summed E-state index contributed by atoms with van der Waals surface area (Å²) in [5.74, 6) is 0.00532. The summed E-state index contributed by atoms with van der Waals surface area (Å²) >= 11 is 0. The standard InChI is InChI=1S/C13H28N2O2/c1-5-7-9-14-12(16)11(3)15-10-13(4,17)8-6-2/h11,15,17H,5-10H2,1-4H3,(H,14,16). The zero-order valence-electron chi connectivity index (χ0n) is 11.7. The second-order valence-electron chi connectivity index (χ2n) is 4.99. The highest BCUT2D eigenvalue weighted by atomic mass is 16.3. The van der Waals surface area contributed by atoms with Crippen LogP contribution in [-0.2, 0) is 4.79 Å². The molecular weight excluding hydrogens is 216 g/mol. The Balaban J connectivity index is 3.84. The molecule has 2 atom stereocenters. The second-order valence-corrected chi connectivity index (χ2v) is 4.99. The first kappa shape index (κ1) is 16.4. The van der Waals surface area contributed by atoms with E-state index in [1.54, 1.807) is 6.92 Å². The Morgan fingerprint density at radius 1 is 1.35 bits per heavy atom. The first-order valence-corrected chi connectivity index (χ1v) is 6.66. The van der Waals surface area contributed by atoms with Gasteiger partial charge in [-0.1, -0.05) is 26.7 Å². The van der Waals surface area contributed by atoms with Gasteiger partial charge in [-0.2, -0.15) is 0 Å². The van der Waals surface area contributed by atoms with E-state index in [1.165, 1.54) is 0 Å². The number of carbonyl (C=O) groups is 1. The van der Waals surface area contributed by atoms with Gasteiger partial charge in [-0.3, -0.25) is 4.79 Å². The predicted molar refractivity (Wildman–Crippen MR) is 70.9 cm³/mol. The molecule has 3 N–H and O–H groups in total. The molecule has 0 rings (SSSR count). The van der Waals surface area contributed by atoms with Crippen molar-refractivity contribution in [2.75, 3.05) is 13.1 Å². The van der Waals surface area contributed by atoms with Crippen LogP contribution in [-0.4, -0.2) is 35.7 Å². The Bertz CT molecular complexity index is 217. The van der Waals surface area contributed by atoms with Crippen molar-refractivity contribution in [1.82, 2.24) is 10.6 Å². The van der Waals surface area contributed by atoms with Gasteiger partial charge in [0, 0.05) is 13.1 Å². The minimum Gasteiger partial charge on any atom is -0.389 e. The summed E-state index contributed by atoms with van der Waals surface area (Å²) in [6, 6.07) is -0.254. The fourth-order valence-corrected chi connectivity index (χ4v) is 1.63. The third-order valence-electron chi connectivity index (χ3n) is 2.80. The van der Waals surface area contributed by atoms with Gasteiger partial charge >= 0.3 is 0 Å². The maximum atomic E-state index is 11.6. The molecule has 0 spiro atoms. The van der Waals surface area contributed by atoms with Gasteiger partial charge in [0.15, 0.2) is 0 Å². The monoisotopic (exact) mass is 244 g/mol. The van der Waals surface area contributed by atoms with Gasteiger partial charge in [0.1, 0.15) is 0 Å². The number of aliphatic hydroxyl groups is 1. The fourth-order valence-electron chi connectivity index (χ4n) is 1.63. The van der Waals surface area contributed by atoms with Gasteiger partial charge in [-0.15, -0.1) is 0 Å². The summed E-state index contributed by atoms with van der Waals surface area (Å²) in [4.78, 5) is 11.6. The molecule has 0 aliphatic carbocycles. The lowest BCUT2D eigenvalue weighted by molar-refractivity contribution is -0.123. The van der Waals surface area contributed by atoms with E-state index >= 15 is 0 Å². The van der Waals surface area contributed by atoms with Crippen molar-refractivity contribution in [2.24, 2.45) is 0 Å². The van der Waals surface area contributed by atoms with E-state index in [0.717, 1.165) is 32.2 Å². The van der Waals surface area contributed by atoms with Crippen LogP contribution < -0.4 is 10.6 Å². The average Bonchev–Trinajstić information content (AvgIpc) is 2.26. The number of hydrogen-bond acceptors (Lipinski definition) is 3. The summed E-state index contributed by atoms with van der Waals surface area (Å²) in [6.07, 6.45) is 3.76. The lowest BCUT2D eigenvalue weighted by atomic mass is 10.0. The maximum Gasteiger partial charge on any atom is 0.236 e. The summed E-state index contributed by atoms with van der Waals surface area (Å²) in [5.41, 5.74) is -0.729. The fraction of sp³-hybridized carbons (Fsp3) is 0.923. The quantitative estimate of drug-likeness (QED) is 0.538. The van der Waals surface area contributed by atoms with Gasteiger partial charge in [0.05, 0.1) is 11.6 Å². The molecule has 1 amide bonds. The van der Waals surface area contributed by atoms with Crippen molar-refractivity contribution >= 4 is 5.91 Å². The van der Waals surface area contributed by atoms with E-state index in [2.05, 4.69) is 17.6 Å². The molecule has 17 heavy (non-hydrogen) atoms. The smallest absolute Gasteiger partial charge is 0.236 e. The van der Waals surface area contributed by atoms with Crippen molar-refractivity contribution in [3.05, 3.63) is 0 Å². The third-order valence-corrected chi connectivity index (χ3v) is 2.80. The van der Waals surface area contributed by atoms with Gasteiger partial charge in [0.2, 0.25) is 5.91 Å². The topological polar surface area (TPSA) is 61.4 Å². The Hall–Kier alpha value is -0.610. The van der Waals surface area contributed by atoms with Crippen LogP contribution in [0.3, 0.4) is 0 Å². The number of nitrogens with one attached hydrogen (secondary N) is 2. The average molecular weight is 244 g/mol. The molecule has 0 saturated heterocycles. The number of carbonyl (C=O) groups excluding carboxylic acids is 1. The molecule has 4 nitrogen and oxygen atoms in total. The molecule has 0 aromatic rings. The largest absolute Gasteiger partial charge is 0.389 e. The molecule has 4 heteroatoms. The number of unbranched alkanes of at least 4 members (excludes halogenated alkanes) is 1. The SMILES string of the molecule is CCCCNC(=O)C(C)NCC(C)(O)CCC. The Morgan fingerprint density at radius 2 is 2.00 bits per heavy atom. The van der Waals surface area contributed by atoms with Gasteiger partial charge in [-0.25, -0.2) is 0 Å². The summed E-state index contributed by atoms with van der Waals surface area (Å²) in [5, 5.41) is 15.9. The van der Waals surface area contributed by atoms with Crippen LogP contribution in [0.2, 0.25) is 0 Å². The van der Waals surface area contributed by atoms with Crippen LogP contribution in [0.5, 0.6) is 0 Å². The van der Waals surface area contributed by atoms with Gasteiger partial charge in [-0.05, 0) is 26.7 Å². The van der Waals surface area contributed by atoms with E-state index in [9.17, 15) is 9.90 Å². The molecule has 0 aliphatic heterocycles. The number of rotatable bonds is 9. The summed E-state index contributed by atoms with van der Waals surface area (Å²) < 4.78 is 0. The Labute approximate surface area is 105 Å². The van der Waals surface area contributed by atoms with E-state index in [4.69, 9.17) is 0 Å². The predicted octanol–water partition coefficient (Wildman–Crippen LogP) is 1.43. The third kappa shape index (κ3) is 8.16. The normalized spacial score (nSPS) is 16.3. The van der Waals surface area contributed by atoms with Crippen LogP contribution in [0.1, 0.15) is 53.4 Å². The first-order valence-electron chi connectivity index (χ1n) is 6.66. The molecule has 0 aliphatic rings. The summed E-state index contributed by atoms with van der Waals surface area (Å²) in [6.45, 7) is 8.93. The maximum absolute atomic E-state index is 11.6. The molecule has 0 aromatic heterocycles. The molecule has 2 unspecified atom stereocenters. The van der Waals surface area contributed by atoms with Crippen molar-refractivity contribution in [2.45, 2.75) is 65.0 Å². The van der Waals surface area contributed by atoms with Crippen molar-refractivity contribution in [3.63, 3.8) is 0 Å². The van der Waals surface area contributed by atoms with E-state index < -0.39 is 5.60 Å². The molecule has 0 saturated carbocycles. The lowest BCUT2D eigenvalue weighted by Crippen LogP contribution is -2.48. The Kier molecular flexibility index (Phi) is 8.17.